The summed E-state index contributed by atoms with van der Waals surface area (Å²) in [5.41, 5.74) is 1.26. The van der Waals surface area contributed by atoms with E-state index in [9.17, 15) is 4.79 Å². The topological polar surface area (TPSA) is 38.1 Å². The van der Waals surface area contributed by atoms with Crippen molar-refractivity contribution in [1.29, 1.82) is 0 Å². The lowest BCUT2D eigenvalue weighted by molar-refractivity contribution is 0.318. The molecule has 1 unspecified atom stereocenters. The van der Waals surface area contributed by atoms with Crippen molar-refractivity contribution < 1.29 is 0 Å². The van der Waals surface area contributed by atoms with E-state index in [4.69, 9.17) is 11.6 Å². The van der Waals surface area contributed by atoms with Crippen LogP contribution in [0.5, 0.6) is 0 Å². The van der Waals surface area contributed by atoms with Crippen LogP contribution in [0.15, 0.2) is 11.1 Å². The number of likely N-dealkylation sites (N-methyl/N-ethyl adjacent to an activating group) is 1. The van der Waals surface area contributed by atoms with E-state index in [1.54, 1.807) is 22.2 Å². The van der Waals surface area contributed by atoms with Gasteiger partial charge in [0.2, 0.25) is 0 Å². The van der Waals surface area contributed by atoms with E-state index in [0.717, 1.165) is 29.7 Å². The molecule has 102 valence electrons. The van der Waals surface area contributed by atoms with Crippen molar-refractivity contribution in [3.8, 4) is 0 Å². The third-order valence-electron chi connectivity index (χ3n) is 3.68. The molecule has 3 rings (SSSR count). The molecule has 19 heavy (non-hydrogen) atoms. The fraction of sp³-hybridized carbons (Fsp3) is 0.538. The van der Waals surface area contributed by atoms with Crippen molar-refractivity contribution in [3.05, 3.63) is 27.1 Å². The Labute approximate surface area is 120 Å². The molecule has 1 aliphatic rings. The Morgan fingerprint density at radius 2 is 2.37 bits per heavy atom. The van der Waals surface area contributed by atoms with Crippen molar-refractivity contribution in [2.24, 2.45) is 0 Å². The molecule has 2 aromatic rings. The molecule has 2 aromatic heterocycles. The van der Waals surface area contributed by atoms with E-state index < -0.39 is 0 Å². The van der Waals surface area contributed by atoms with Crippen LogP contribution in [0.4, 0.5) is 0 Å². The Kier molecular flexibility index (Phi) is 3.37. The summed E-state index contributed by atoms with van der Waals surface area (Å²) in [6, 6.07) is -0.0205. The number of fused-ring (bicyclic) bond motifs is 3. The average Bonchev–Trinajstić information content (AvgIpc) is 2.76. The van der Waals surface area contributed by atoms with Gasteiger partial charge in [0.1, 0.15) is 4.83 Å². The van der Waals surface area contributed by atoms with Crippen LogP contribution >= 0.6 is 22.9 Å². The minimum atomic E-state index is -0.0205. The zero-order chi connectivity index (χ0) is 13.6. The molecule has 1 atom stereocenters. The maximum Gasteiger partial charge on any atom is 0.262 e. The second-order valence-electron chi connectivity index (χ2n) is 5.13. The summed E-state index contributed by atoms with van der Waals surface area (Å²) >= 11 is 7.50. The lowest BCUT2D eigenvalue weighted by Crippen LogP contribution is -2.28. The Bertz CT molecular complexity index is 678. The molecule has 0 bridgehead atoms. The minimum absolute atomic E-state index is 0.0205. The van der Waals surface area contributed by atoms with Crippen LogP contribution in [-0.4, -0.2) is 33.9 Å². The van der Waals surface area contributed by atoms with Gasteiger partial charge in [-0.1, -0.05) is 0 Å². The second-order valence-corrected chi connectivity index (χ2v) is 6.52. The number of halogens is 1. The normalized spacial score (nSPS) is 17.6. The quantitative estimate of drug-likeness (QED) is 0.798. The molecule has 0 spiro atoms. The van der Waals surface area contributed by atoms with Gasteiger partial charge in [-0.3, -0.25) is 9.36 Å². The van der Waals surface area contributed by atoms with E-state index in [1.165, 1.54) is 10.4 Å². The van der Waals surface area contributed by atoms with Crippen molar-refractivity contribution in [3.63, 3.8) is 0 Å². The summed E-state index contributed by atoms with van der Waals surface area (Å²) in [6.07, 6.45) is 2.56. The third-order valence-corrected chi connectivity index (χ3v) is 5.25. The van der Waals surface area contributed by atoms with Gasteiger partial charge < -0.3 is 4.90 Å². The minimum Gasteiger partial charge on any atom is -0.301 e. The largest absolute Gasteiger partial charge is 0.301 e. The number of alkyl halides is 1. The summed E-state index contributed by atoms with van der Waals surface area (Å²) < 4.78 is 1.65. The van der Waals surface area contributed by atoms with Crippen molar-refractivity contribution in [2.45, 2.75) is 25.9 Å². The van der Waals surface area contributed by atoms with E-state index in [-0.39, 0.29) is 11.6 Å². The van der Waals surface area contributed by atoms with E-state index >= 15 is 0 Å². The maximum absolute atomic E-state index is 12.6. The standard InChI is InChI=1S/C13H16ClN3OS/c1-8(5-14)17-7-15-12-11(13(17)18)9-3-4-16(2)6-10(9)19-12/h7-8H,3-6H2,1-2H3. The maximum atomic E-state index is 12.6. The summed E-state index contributed by atoms with van der Waals surface area (Å²) in [5.74, 6) is 0.419. The first-order valence-electron chi connectivity index (χ1n) is 6.37. The van der Waals surface area contributed by atoms with E-state index in [1.807, 2.05) is 6.92 Å². The van der Waals surface area contributed by atoms with Crippen LogP contribution < -0.4 is 5.56 Å². The third kappa shape index (κ3) is 2.10. The molecule has 0 N–H and O–H groups in total. The summed E-state index contributed by atoms with van der Waals surface area (Å²) in [5, 5.41) is 0.813. The highest BCUT2D eigenvalue weighted by Crippen LogP contribution is 2.31. The van der Waals surface area contributed by atoms with Crippen LogP contribution in [0.3, 0.4) is 0 Å². The first-order chi connectivity index (χ1) is 9.11. The highest BCUT2D eigenvalue weighted by Gasteiger charge is 2.22. The number of rotatable bonds is 2. The fourth-order valence-corrected chi connectivity index (χ4v) is 3.92. The van der Waals surface area contributed by atoms with E-state index in [0.29, 0.717) is 5.88 Å². The second kappa shape index (κ2) is 4.89. The molecule has 0 amide bonds. The number of nitrogens with zero attached hydrogens (tertiary/aromatic N) is 3. The highest BCUT2D eigenvalue weighted by atomic mass is 35.5. The number of hydrogen-bond donors (Lipinski definition) is 0. The number of aromatic nitrogens is 2. The molecule has 6 heteroatoms. The van der Waals surface area contributed by atoms with Crippen LogP contribution in [0.2, 0.25) is 0 Å². The molecule has 0 saturated heterocycles. The summed E-state index contributed by atoms with van der Waals surface area (Å²) in [6.45, 7) is 3.85. The smallest absolute Gasteiger partial charge is 0.262 e. The van der Waals surface area contributed by atoms with Gasteiger partial charge in [0.05, 0.1) is 11.7 Å². The van der Waals surface area contributed by atoms with Gasteiger partial charge in [0.15, 0.2) is 0 Å². The Balaban J connectivity index is 2.23. The van der Waals surface area contributed by atoms with Gasteiger partial charge in [-0.15, -0.1) is 22.9 Å². The molecule has 0 saturated carbocycles. The molecule has 0 radical (unpaired) electrons. The fourth-order valence-electron chi connectivity index (χ4n) is 2.51. The monoisotopic (exact) mass is 297 g/mol. The van der Waals surface area contributed by atoms with Gasteiger partial charge in [-0.2, -0.15) is 0 Å². The molecular weight excluding hydrogens is 282 g/mol. The number of thiophene rings is 1. The van der Waals surface area contributed by atoms with Crippen LogP contribution in [-0.2, 0) is 13.0 Å². The SMILES string of the molecule is CC(CCl)n1cnc2sc3c(c2c1=O)CCN(C)C3. The van der Waals surface area contributed by atoms with Crippen molar-refractivity contribution in [1.82, 2.24) is 14.5 Å². The summed E-state index contributed by atoms with van der Waals surface area (Å²) in [4.78, 5) is 21.5. The molecule has 3 heterocycles. The molecule has 0 aromatic carbocycles. The van der Waals surface area contributed by atoms with Crippen LogP contribution in [0, 0.1) is 0 Å². The van der Waals surface area contributed by atoms with Crippen molar-refractivity contribution >= 4 is 33.2 Å². The van der Waals surface area contributed by atoms with Gasteiger partial charge in [-0.05, 0) is 26.0 Å². The molecule has 0 fully saturated rings. The molecule has 4 nitrogen and oxygen atoms in total. The predicted octanol–water partition coefficient (Wildman–Crippen LogP) is 2.25. The van der Waals surface area contributed by atoms with Crippen LogP contribution in [0.1, 0.15) is 23.4 Å². The molecule has 0 aliphatic carbocycles. The number of hydrogen-bond acceptors (Lipinski definition) is 4. The van der Waals surface area contributed by atoms with Gasteiger partial charge in [0, 0.05) is 29.9 Å². The van der Waals surface area contributed by atoms with Gasteiger partial charge >= 0.3 is 0 Å². The average molecular weight is 298 g/mol. The first-order valence-corrected chi connectivity index (χ1v) is 7.72. The lowest BCUT2D eigenvalue weighted by Gasteiger charge is -2.21. The predicted molar refractivity (Wildman–Crippen MR) is 79.3 cm³/mol. The Morgan fingerprint density at radius 3 is 3.11 bits per heavy atom. The Morgan fingerprint density at radius 1 is 1.58 bits per heavy atom. The molecule has 1 aliphatic heterocycles. The molecular formula is C13H16ClN3OS. The highest BCUT2D eigenvalue weighted by molar-refractivity contribution is 7.18. The first kappa shape index (κ1) is 13.1. The van der Waals surface area contributed by atoms with Crippen molar-refractivity contribution in [2.75, 3.05) is 19.5 Å². The summed E-state index contributed by atoms with van der Waals surface area (Å²) in [7, 11) is 2.11. The van der Waals surface area contributed by atoms with Gasteiger partial charge in [-0.25, -0.2) is 4.98 Å². The zero-order valence-corrected chi connectivity index (χ0v) is 12.6. The zero-order valence-electron chi connectivity index (χ0n) is 11.0. The van der Waals surface area contributed by atoms with E-state index in [2.05, 4.69) is 16.9 Å². The van der Waals surface area contributed by atoms with Gasteiger partial charge in [0.25, 0.3) is 5.56 Å². The van der Waals surface area contributed by atoms with Crippen LogP contribution in [0.25, 0.3) is 10.2 Å². The Hall–Kier alpha value is -0.910. The lowest BCUT2D eigenvalue weighted by atomic mass is 10.1.